The average Bonchev–Trinajstić information content (AvgIpc) is 2.61. The number of anilines is 1. The van der Waals surface area contributed by atoms with Gasteiger partial charge in [-0.25, -0.2) is 5.43 Å². The Balaban J connectivity index is 1.83. The fourth-order valence-electron chi connectivity index (χ4n) is 1.88. The first-order valence-corrected chi connectivity index (χ1v) is 8.44. The minimum Gasteiger partial charge on any atom is -0.493 e. The van der Waals surface area contributed by atoms with Gasteiger partial charge in [0, 0.05) is 10.7 Å². The van der Waals surface area contributed by atoms with E-state index >= 15 is 0 Å². The van der Waals surface area contributed by atoms with Gasteiger partial charge in [-0.1, -0.05) is 31.5 Å². The van der Waals surface area contributed by atoms with Gasteiger partial charge in [0.05, 0.1) is 12.8 Å². The highest BCUT2D eigenvalue weighted by atomic mass is 35.5. The molecule has 0 unspecified atom stereocenters. The summed E-state index contributed by atoms with van der Waals surface area (Å²) in [6.07, 6.45) is 1.44. The van der Waals surface area contributed by atoms with Crippen molar-refractivity contribution in [1.29, 1.82) is 0 Å². The third-order valence-corrected chi connectivity index (χ3v) is 3.37. The second kappa shape index (κ2) is 9.58. The molecular weight excluding hydrogens is 354 g/mol. The maximum Gasteiger partial charge on any atom is 0.329 e. The lowest BCUT2D eigenvalue weighted by Crippen LogP contribution is -2.32. The van der Waals surface area contributed by atoms with Gasteiger partial charge in [0.15, 0.2) is 0 Å². The van der Waals surface area contributed by atoms with Crippen molar-refractivity contribution < 1.29 is 14.3 Å². The van der Waals surface area contributed by atoms with Gasteiger partial charge in [-0.3, -0.25) is 9.59 Å². The zero-order valence-corrected chi connectivity index (χ0v) is 15.3. The number of carbonyl (C=O) groups excluding carboxylic acids is 2. The van der Waals surface area contributed by atoms with E-state index in [1.165, 1.54) is 6.21 Å². The lowest BCUT2D eigenvalue weighted by Gasteiger charge is -2.08. The van der Waals surface area contributed by atoms with Crippen LogP contribution in [0.2, 0.25) is 5.02 Å². The quantitative estimate of drug-likeness (QED) is 0.462. The largest absolute Gasteiger partial charge is 0.493 e. The van der Waals surface area contributed by atoms with E-state index in [2.05, 4.69) is 29.7 Å². The summed E-state index contributed by atoms with van der Waals surface area (Å²) in [6, 6.07) is 13.7. The van der Waals surface area contributed by atoms with E-state index in [4.69, 9.17) is 16.3 Å². The Morgan fingerprint density at radius 2 is 1.88 bits per heavy atom. The molecule has 0 atom stereocenters. The normalized spacial score (nSPS) is 10.8. The molecule has 6 nitrogen and oxygen atoms in total. The third-order valence-electron chi connectivity index (χ3n) is 3.13. The summed E-state index contributed by atoms with van der Waals surface area (Å²) >= 11 is 5.82. The third kappa shape index (κ3) is 6.57. The number of nitrogens with zero attached hydrogens (tertiary/aromatic N) is 1. The highest BCUT2D eigenvalue weighted by Crippen LogP contribution is 2.14. The van der Waals surface area contributed by atoms with Gasteiger partial charge in [0.25, 0.3) is 0 Å². The predicted molar refractivity (Wildman–Crippen MR) is 103 cm³/mol. The lowest BCUT2D eigenvalue weighted by atomic mass is 10.2. The molecule has 26 heavy (non-hydrogen) atoms. The van der Waals surface area contributed by atoms with E-state index in [0.717, 1.165) is 11.3 Å². The van der Waals surface area contributed by atoms with Crippen LogP contribution in [0.1, 0.15) is 19.4 Å². The Hall–Kier alpha value is -2.86. The molecule has 2 rings (SSSR count). The van der Waals surface area contributed by atoms with Gasteiger partial charge < -0.3 is 10.1 Å². The highest BCUT2D eigenvalue weighted by Gasteiger charge is 2.12. The van der Waals surface area contributed by atoms with E-state index in [1.54, 1.807) is 36.4 Å². The van der Waals surface area contributed by atoms with Crippen molar-refractivity contribution in [3.8, 4) is 5.75 Å². The van der Waals surface area contributed by atoms with Crippen LogP contribution in [0.4, 0.5) is 5.69 Å². The Morgan fingerprint density at radius 1 is 1.15 bits per heavy atom. The van der Waals surface area contributed by atoms with Crippen LogP contribution in [0, 0.1) is 5.92 Å². The van der Waals surface area contributed by atoms with Crippen LogP contribution < -0.4 is 15.5 Å². The summed E-state index contributed by atoms with van der Waals surface area (Å²) in [5, 5.41) is 6.67. The lowest BCUT2D eigenvalue weighted by molar-refractivity contribution is -0.136. The number of benzene rings is 2. The molecule has 2 amide bonds. The molecular formula is C19H20ClN3O3. The van der Waals surface area contributed by atoms with E-state index in [9.17, 15) is 9.59 Å². The summed E-state index contributed by atoms with van der Waals surface area (Å²) in [7, 11) is 0. The van der Waals surface area contributed by atoms with Gasteiger partial charge in [-0.15, -0.1) is 0 Å². The van der Waals surface area contributed by atoms with Crippen LogP contribution in [0.15, 0.2) is 53.6 Å². The number of carbonyl (C=O) groups is 2. The Labute approximate surface area is 157 Å². The molecule has 0 aromatic heterocycles. The molecule has 2 aromatic carbocycles. The zero-order chi connectivity index (χ0) is 18.9. The van der Waals surface area contributed by atoms with Crippen molar-refractivity contribution in [2.24, 2.45) is 11.0 Å². The first kappa shape index (κ1) is 19.5. The average molecular weight is 374 g/mol. The molecule has 0 bridgehead atoms. The van der Waals surface area contributed by atoms with Gasteiger partial charge in [-0.2, -0.15) is 5.10 Å². The van der Waals surface area contributed by atoms with Crippen molar-refractivity contribution in [2.45, 2.75) is 13.8 Å². The standard InChI is InChI=1S/C19H20ClN3O3/c1-13(2)12-26-17-8-6-14(7-9-17)11-21-23-19(25)18(24)22-16-5-3-4-15(20)10-16/h3-11,13H,12H2,1-2H3,(H,22,24)(H,23,25)/b21-11-. The van der Waals surface area contributed by atoms with Crippen molar-refractivity contribution >= 4 is 35.3 Å². The second-order valence-corrected chi connectivity index (χ2v) is 6.37. The Kier molecular flexibility index (Phi) is 7.17. The van der Waals surface area contributed by atoms with Gasteiger partial charge in [0.1, 0.15) is 5.75 Å². The van der Waals surface area contributed by atoms with Crippen molar-refractivity contribution in [3.63, 3.8) is 0 Å². The molecule has 2 aromatic rings. The van der Waals surface area contributed by atoms with Crippen molar-refractivity contribution in [3.05, 3.63) is 59.1 Å². The maximum atomic E-state index is 11.8. The van der Waals surface area contributed by atoms with Crippen molar-refractivity contribution in [2.75, 3.05) is 11.9 Å². The number of hydrazone groups is 1. The van der Waals surface area contributed by atoms with Crippen molar-refractivity contribution in [1.82, 2.24) is 5.43 Å². The number of hydrogen-bond donors (Lipinski definition) is 2. The van der Waals surface area contributed by atoms with Crippen LogP contribution in [-0.4, -0.2) is 24.6 Å². The molecule has 0 spiro atoms. The SMILES string of the molecule is CC(C)COc1ccc(/C=N\NC(=O)C(=O)Nc2cccc(Cl)c2)cc1. The van der Waals surface area contributed by atoms with Gasteiger partial charge in [-0.05, 0) is 53.9 Å². The number of nitrogens with one attached hydrogen (secondary N) is 2. The molecule has 0 aliphatic carbocycles. The first-order chi connectivity index (χ1) is 12.4. The number of halogens is 1. The highest BCUT2D eigenvalue weighted by molar-refractivity contribution is 6.39. The number of ether oxygens (including phenoxy) is 1. The minimum absolute atomic E-state index is 0.429. The minimum atomic E-state index is -0.877. The van der Waals surface area contributed by atoms with Crippen LogP contribution in [0.3, 0.4) is 0 Å². The predicted octanol–water partition coefficient (Wildman–Crippen LogP) is 3.46. The number of amides is 2. The molecule has 0 saturated carbocycles. The fraction of sp³-hybridized carbons (Fsp3) is 0.211. The van der Waals surface area contributed by atoms with Crippen LogP contribution in [0.5, 0.6) is 5.75 Å². The van der Waals surface area contributed by atoms with Gasteiger partial charge in [0.2, 0.25) is 0 Å². The molecule has 136 valence electrons. The Bertz CT molecular complexity index is 789. The van der Waals surface area contributed by atoms with E-state index in [-0.39, 0.29) is 0 Å². The summed E-state index contributed by atoms with van der Waals surface area (Å²) in [4.78, 5) is 23.5. The fourth-order valence-corrected chi connectivity index (χ4v) is 2.07. The topological polar surface area (TPSA) is 79.8 Å². The van der Waals surface area contributed by atoms with E-state index in [0.29, 0.717) is 23.2 Å². The van der Waals surface area contributed by atoms with E-state index in [1.807, 2.05) is 12.1 Å². The summed E-state index contributed by atoms with van der Waals surface area (Å²) in [5.74, 6) is -0.495. The summed E-state index contributed by atoms with van der Waals surface area (Å²) in [5.41, 5.74) is 3.37. The van der Waals surface area contributed by atoms with Crippen LogP contribution >= 0.6 is 11.6 Å². The molecule has 0 saturated heterocycles. The molecule has 2 N–H and O–H groups in total. The molecule has 0 fully saturated rings. The van der Waals surface area contributed by atoms with Crippen LogP contribution in [0.25, 0.3) is 0 Å². The first-order valence-electron chi connectivity index (χ1n) is 8.07. The molecule has 7 heteroatoms. The number of hydrogen-bond acceptors (Lipinski definition) is 4. The Morgan fingerprint density at radius 3 is 2.54 bits per heavy atom. The summed E-state index contributed by atoms with van der Waals surface area (Å²) < 4.78 is 5.58. The monoisotopic (exact) mass is 373 g/mol. The number of rotatable bonds is 6. The molecule has 0 radical (unpaired) electrons. The smallest absolute Gasteiger partial charge is 0.329 e. The zero-order valence-electron chi connectivity index (χ0n) is 14.5. The van der Waals surface area contributed by atoms with Gasteiger partial charge >= 0.3 is 11.8 Å². The molecule has 0 aliphatic heterocycles. The maximum absolute atomic E-state index is 11.8. The summed E-state index contributed by atoms with van der Waals surface area (Å²) in [6.45, 7) is 4.80. The molecule has 0 heterocycles. The van der Waals surface area contributed by atoms with E-state index < -0.39 is 11.8 Å². The van der Waals surface area contributed by atoms with Crippen LogP contribution in [-0.2, 0) is 9.59 Å². The second-order valence-electron chi connectivity index (χ2n) is 5.94. The molecule has 0 aliphatic rings.